The Labute approximate surface area is 243 Å². The van der Waals surface area contributed by atoms with Crippen LogP contribution in [0.2, 0.25) is 0 Å². The summed E-state index contributed by atoms with van der Waals surface area (Å²) in [6, 6.07) is 11.4. The van der Waals surface area contributed by atoms with Crippen LogP contribution >= 0.6 is 0 Å². The molecule has 0 saturated carbocycles. The van der Waals surface area contributed by atoms with E-state index in [1.807, 2.05) is 6.07 Å². The number of methoxy groups -OCH3 is 1. The van der Waals surface area contributed by atoms with Gasteiger partial charge in [0.1, 0.15) is 18.0 Å². The topological polar surface area (TPSA) is 143 Å². The van der Waals surface area contributed by atoms with E-state index in [1.54, 1.807) is 36.3 Å². The van der Waals surface area contributed by atoms with Crippen molar-refractivity contribution in [2.45, 2.75) is 32.1 Å². The molecule has 0 radical (unpaired) electrons. The zero-order chi connectivity index (χ0) is 29.5. The molecule has 0 aliphatic carbocycles. The fraction of sp³-hybridized carbons (Fsp3) is 0.400. The van der Waals surface area contributed by atoms with Gasteiger partial charge in [0.2, 0.25) is 5.91 Å². The van der Waals surface area contributed by atoms with E-state index in [1.165, 1.54) is 18.5 Å². The summed E-state index contributed by atoms with van der Waals surface area (Å²) in [6.07, 6.45) is 5.41. The second kappa shape index (κ2) is 13.6. The Morgan fingerprint density at radius 1 is 1.19 bits per heavy atom. The van der Waals surface area contributed by atoms with Crippen molar-refractivity contribution in [2.75, 3.05) is 44.9 Å². The van der Waals surface area contributed by atoms with Crippen LogP contribution in [0.15, 0.2) is 48.8 Å². The third kappa shape index (κ3) is 6.94. The average molecular weight is 578 g/mol. The molecule has 2 aromatic carbocycles. The van der Waals surface area contributed by atoms with Crippen LogP contribution in [0, 0.1) is 11.7 Å². The number of hydrogen-bond donors (Lipinski definition) is 3. The number of aromatic amines is 1. The van der Waals surface area contributed by atoms with Gasteiger partial charge in [0.25, 0.3) is 0 Å². The van der Waals surface area contributed by atoms with Crippen LogP contribution in [0.5, 0.6) is 11.5 Å². The van der Waals surface area contributed by atoms with Crippen LogP contribution in [0.25, 0.3) is 10.9 Å². The van der Waals surface area contributed by atoms with Crippen molar-refractivity contribution in [3.05, 3.63) is 60.3 Å². The maximum atomic E-state index is 14.3. The zero-order valence-corrected chi connectivity index (χ0v) is 23.6. The fourth-order valence-electron chi connectivity index (χ4n) is 5.37. The number of carbonyl (C=O) groups is 1. The lowest BCUT2D eigenvalue weighted by Crippen LogP contribution is -2.35. The van der Waals surface area contributed by atoms with Gasteiger partial charge in [0.15, 0.2) is 17.3 Å². The molecule has 0 unspecified atom stereocenters. The molecular formula is C30H36FN7O4. The van der Waals surface area contributed by atoms with Gasteiger partial charge in [-0.15, -0.1) is 0 Å². The van der Waals surface area contributed by atoms with Gasteiger partial charge in [-0.05, 0) is 69.0 Å². The molecule has 42 heavy (non-hydrogen) atoms. The Hall–Kier alpha value is -4.29. The number of benzene rings is 2. The number of carbonyl (C=O) groups excluding carboxylic acids is 1. The number of primary amides is 1. The second-order valence-corrected chi connectivity index (χ2v) is 10.4. The maximum Gasteiger partial charge on any atom is 0.223 e. The molecule has 12 heteroatoms. The maximum absolute atomic E-state index is 14.3. The van der Waals surface area contributed by atoms with E-state index in [2.05, 4.69) is 25.1 Å². The summed E-state index contributed by atoms with van der Waals surface area (Å²) in [5, 5.41) is 17.0. The Balaban J connectivity index is 1.38. The van der Waals surface area contributed by atoms with Gasteiger partial charge in [-0.1, -0.05) is 6.07 Å². The molecule has 4 aromatic rings. The van der Waals surface area contributed by atoms with Gasteiger partial charge >= 0.3 is 0 Å². The molecule has 0 bridgehead atoms. The van der Waals surface area contributed by atoms with Gasteiger partial charge in [0.05, 0.1) is 31.3 Å². The molecule has 3 heterocycles. The van der Waals surface area contributed by atoms with E-state index in [9.17, 15) is 14.3 Å². The highest BCUT2D eigenvalue weighted by atomic mass is 19.1. The number of ether oxygens (including phenoxy) is 2. The number of aliphatic hydroxyl groups is 1. The van der Waals surface area contributed by atoms with Crippen LogP contribution in [0.1, 0.15) is 31.4 Å². The smallest absolute Gasteiger partial charge is 0.223 e. The van der Waals surface area contributed by atoms with E-state index >= 15 is 0 Å². The number of rotatable bonds is 13. The van der Waals surface area contributed by atoms with Gasteiger partial charge in [0, 0.05) is 36.4 Å². The number of likely N-dealkylation sites (tertiary alicyclic amines) is 1. The number of hydrogen-bond acceptors (Lipinski definition) is 9. The van der Waals surface area contributed by atoms with Crippen molar-refractivity contribution in [3.63, 3.8) is 0 Å². The summed E-state index contributed by atoms with van der Waals surface area (Å²) in [4.78, 5) is 24.6. The highest BCUT2D eigenvalue weighted by Crippen LogP contribution is 2.40. The number of aromatic nitrogens is 4. The van der Waals surface area contributed by atoms with Crippen molar-refractivity contribution < 1.29 is 23.8 Å². The second-order valence-electron chi connectivity index (χ2n) is 10.4. The Kier molecular flexibility index (Phi) is 9.45. The van der Waals surface area contributed by atoms with Crippen LogP contribution in [-0.2, 0) is 11.2 Å². The predicted octanol–water partition coefficient (Wildman–Crippen LogP) is 3.86. The first-order chi connectivity index (χ1) is 20.4. The molecule has 2 aromatic heterocycles. The summed E-state index contributed by atoms with van der Waals surface area (Å²) < 4.78 is 26.2. The normalized spacial score (nSPS) is 14.3. The minimum Gasteiger partial charge on any atom is -0.493 e. The van der Waals surface area contributed by atoms with E-state index in [-0.39, 0.29) is 13.0 Å². The molecule has 1 amide bonds. The number of amides is 1. The Morgan fingerprint density at radius 3 is 2.76 bits per heavy atom. The number of nitrogens with zero attached hydrogens (tertiary/aromatic N) is 5. The first-order valence-electron chi connectivity index (χ1n) is 14.1. The van der Waals surface area contributed by atoms with E-state index in [0.29, 0.717) is 57.9 Å². The van der Waals surface area contributed by atoms with Crippen LogP contribution < -0.4 is 20.1 Å². The molecule has 1 aliphatic rings. The van der Waals surface area contributed by atoms with Gasteiger partial charge in [-0.25, -0.2) is 14.4 Å². The van der Waals surface area contributed by atoms with Crippen LogP contribution in [0.4, 0.5) is 21.7 Å². The van der Waals surface area contributed by atoms with E-state index in [4.69, 9.17) is 15.2 Å². The molecule has 222 valence electrons. The van der Waals surface area contributed by atoms with Gasteiger partial charge in [-0.2, -0.15) is 5.10 Å². The quantitative estimate of drug-likeness (QED) is 0.202. The summed E-state index contributed by atoms with van der Waals surface area (Å²) in [5.41, 5.74) is 6.96. The number of aliphatic hydroxyl groups excluding tert-OH is 1. The van der Waals surface area contributed by atoms with Crippen molar-refractivity contribution in [1.29, 1.82) is 0 Å². The number of nitrogens with two attached hydrogens (primary N) is 1. The molecule has 4 N–H and O–H groups in total. The number of piperidine rings is 1. The van der Waals surface area contributed by atoms with Crippen molar-refractivity contribution >= 4 is 34.1 Å². The number of nitrogens with one attached hydrogen (secondary N) is 1. The van der Waals surface area contributed by atoms with Crippen LogP contribution in [0.3, 0.4) is 0 Å². The molecule has 0 atom stereocenters. The lowest BCUT2D eigenvalue weighted by atomic mass is 9.94. The highest BCUT2D eigenvalue weighted by molar-refractivity contribution is 5.96. The molecule has 0 spiro atoms. The molecule has 11 nitrogen and oxygen atoms in total. The van der Waals surface area contributed by atoms with E-state index in [0.717, 1.165) is 45.3 Å². The average Bonchev–Trinajstić information content (AvgIpc) is 3.43. The number of H-pyrrole nitrogens is 1. The number of fused-ring (bicyclic) bond motifs is 1. The standard InChI is InChI=1S/C30H36FN7O4/c1-41-26-17-24-25(18-27(26)42-13-3-9-37-10-6-20(7-11-37)8-12-39)33-19-34-30(24)38(23-5-2-4-21(31)14-23)29-16-22(35-36-29)15-28(32)40/h2,4-5,14,16-20,39H,3,6-13,15H2,1H3,(H2,32,40)(H,35,36). The monoisotopic (exact) mass is 577 g/mol. The summed E-state index contributed by atoms with van der Waals surface area (Å²) in [6.45, 7) is 3.82. The molecular weight excluding hydrogens is 541 g/mol. The Morgan fingerprint density at radius 2 is 2.02 bits per heavy atom. The summed E-state index contributed by atoms with van der Waals surface area (Å²) >= 11 is 0. The van der Waals surface area contributed by atoms with Crippen molar-refractivity contribution in [1.82, 2.24) is 25.1 Å². The predicted molar refractivity (Wildman–Crippen MR) is 157 cm³/mol. The molecule has 1 saturated heterocycles. The van der Waals surface area contributed by atoms with Crippen molar-refractivity contribution in [2.24, 2.45) is 11.7 Å². The summed E-state index contributed by atoms with van der Waals surface area (Å²) in [5.74, 6) is 1.62. The molecule has 1 fully saturated rings. The minimum absolute atomic E-state index is 0.0228. The van der Waals surface area contributed by atoms with Gasteiger partial charge < -0.3 is 25.2 Å². The van der Waals surface area contributed by atoms with Gasteiger partial charge in [-0.3, -0.25) is 14.8 Å². The SMILES string of the molecule is COc1cc2c(N(c3cccc(F)c3)c3cc(CC(N)=O)[nH]n3)ncnc2cc1OCCCN1CCC(CCO)CC1. The third-order valence-electron chi connectivity index (χ3n) is 7.51. The molecule has 5 rings (SSSR count). The summed E-state index contributed by atoms with van der Waals surface area (Å²) in [7, 11) is 1.57. The largest absolute Gasteiger partial charge is 0.493 e. The van der Waals surface area contributed by atoms with Crippen molar-refractivity contribution in [3.8, 4) is 11.5 Å². The third-order valence-corrected chi connectivity index (χ3v) is 7.51. The van der Waals surface area contributed by atoms with E-state index < -0.39 is 11.7 Å². The first kappa shape index (κ1) is 29.2. The first-order valence-corrected chi connectivity index (χ1v) is 14.1. The zero-order valence-electron chi connectivity index (χ0n) is 23.6. The fourth-order valence-corrected chi connectivity index (χ4v) is 5.37. The highest BCUT2D eigenvalue weighted by Gasteiger charge is 2.23. The minimum atomic E-state index is -0.505. The Bertz CT molecular complexity index is 1510. The lowest BCUT2D eigenvalue weighted by molar-refractivity contribution is -0.117. The number of halogens is 1. The molecule has 1 aliphatic heterocycles. The lowest BCUT2D eigenvalue weighted by Gasteiger charge is -2.31. The van der Waals surface area contributed by atoms with Crippen LogP contribution in [-0.4, -0.2) is 76.0 Å². The number of anilines is 3.